The first-order valence-electron chi connectivity index (χ1n) is 6.98. The maximum absolute atomic E-state index is 13.4. The summed E-state index contributed by atoms with van der Waals surface area (Å²) in [4.78, 5) is 24.5. The van der Waals surface area contributed by atoms with Gasteiger partial charge in [-0.05, 0) is 23.6 Å². The fraction of sp³-hybridized carbons (Fsp3) is 0.133. The van der Waals surface area contributed by atoms with Crippen molar-refractivity contribution in [3.8, 4) is 0 Å². The van der Waals surface area contributed by atoms with Gasteiger partial charge in [0.25, 0.3) is 11.3 Å². The topological polar surface area (TPSA) is 68.0 Å². The number of halogens is 6. The Balaban J connectivity index is 2.44. The summed E-state index contributed by atoms with van der Waals surface area (Å²) < 4.78 is 77.3. The zero-order valence-corrected chi connectivity index (χ0v) is 13.6. The summed E-state index contributed by atoms with van der Waals surface area (Å²) in [6, 6.07) is 3.61. The Hall–Kier alpha value is -2.89. The van der Waals surface area contributed by atoms with E-state index in [2.05, 4.69) is 0 Å². The Morgan fingerprint density at radius 3 is 2.26 bits per heavy atom. The van der Waals surface area contributed by atoms with Gasteiger partial charge in [-0.25, -0.2) is 0 Å². The van der Waals surface area contributed by atoms with E-state index in [4.69, 9.17) is 0 Å². The Morgan fingerprint density at radius 1 is 1.07 bits per heavy atom. The van der Waals surface area contributed by atoms with Crippen molar-refractivity contribution in [3.05, 3.63) is 67.7 Å². The monoisotopic (exact) mass is 408 g/mol. The van der Waals surface area contributed by atoms with E-state index >= 15 is 0 Å². The molecule has 2 heterocycles. The lowest BCUT2D eigenvalue weighted by molar-refractivity contribution is -0.470. The lowest BCUT2D eigenvalue weighted by Gasteiger charge is -2.20. The molecule has 5 nitrogen and oxygen atoms in total. The van der Waals surface area contributed by atoms with E-state index in [1.54, 1.807) is 0 Å². The van der Waals surface area contributed by atoms with Crippen LogP contribution in [0.4, 0.5) is 26.3 Å². The summed E-state index contributed by atoms with van der Waals surface area (Å²) in [6.07, 6.45) is -10.4. The van der Waals surface area contributed by atoms with Crippen molar-refractivity contribution < 1.29 is 35.6 Å². The van der Waals surface area contributed by atoms with Crippen molar-refractivity contribution in [3.63, 3.8) is 0 Å². The van der Waals surface area contributed by atoms with Crippen LogP contribution >= 0.6 is 11.3 Å². The fourth-order valence-corrected chi connectivity index (χ4v) is 3.11. The number of aromatic nitrogens is 2. The van der Waals surface area contributed by atoms with Crippen LogP contribution in [0.1, 0.15) is 26.6 Å². The Labute approximate surface area is 149 Å². The molecule has 0 atom stereocenters. The Morgan fingerprint density at radius 2 is 1.74 bits per heavy atom. The smallest absolute Gasteiger partial charge is 0.438 e. The van der Waals surface area contributed by atoms with E-state index in [1.165, 1.54) is 11.4 Å². The minimum Gasteiger partial charge on any atom is -0.805 e. The third-order valence-electron chi connectivity index (χ3n) is 3.60. The zero-order chi connectivity index (χ0) is 20.1. The van der Waals surface area contributed by atoms with Gasteiger partial charge in [0.2, 0.25) is 5.69 Å². The SMILES string of the molecule is O=C(c1cccs1)c1c(C(F)(F)F)n([O-])c2cc(C(F)(F)F)ccc2[n+]1=O. The van der Waals surface area contributed by atoms with Crippen molar-refractivity contribution in [1.82, 2.24) is 4.73 Å². The first-order valence-corrected chi connectivity index (χ1v) is 7.86. The predicted octanol–water partition coefficient (Wildman–Crippen LogP) is 4.23. The fourth-order valence-electron chi connectivity index (χ4n) is 2.44. The second-order valence-corrected chi connectivity index (χ2v) is 6.24. The third kappa shape index (κ3) is 3.16. The van der Waals surface area contributed by atoms with Gasteiger partial charge in [-0.3, -0.25) is 4.79 Å². The number of rotatable bonds is 2. The highest BCUT2D eigenvalue weighted by molar-refractivity contribution is 7.12. The molecule has 0 N–H and O–H groups in total. The van der Waals surface area contributed by atoms with Crippen molar-refractivity contribution in [2.75, 3.05) is 0 Å². The van der Waals surface area contributed by atoms with Gasteiger partial charge in [0.1, 0.15) is 5.52 Å². The minimum atomic E-state index is -5.46. The molecule has 3 aromatic rings. The number of nitrogens with zero attached hydrogens (tertiary/aromatic N) is 2. The molecule has 0 bridgehead atoms. The summed E-state index contributed by atoms with van der Waals surface area (Å²) >= 11 is 0.742. The van der Waals surface area contributed by atoms with Crippen LogP contribution in [-0.2, 0) is 12.4 Å². The number of hydrogen-bond donors (Lipinski definition) is 0. The molecule has 0 saturated carbocycles. The Kier molecular flexibility index (Phi) is 4.25. The lowest BCUT2D eigenvalue weighted by atomic mass is 10.1. The van der Waals surface area contributed by atoms with Gasteiger partial charge in [0, 0.05) is 11.0 Å². The second kappa shape index (κ2) is 6.08. The van der Waals surface area contributed by atoms with Crippen LogP contribution in [0.5, 0.6) is 0 Å². The average molecular weight is 408 g/mol. The van der Waals surface area contributed by atoms with Gasteiger partial charge in [0.05, 0.1) is 14.9 Å². The summed E-state index contributed by atoms with van der Waals surface area (Å²) in [5, 5.41) is 13.6. The van der Waals surface area contributed by atoms with E-state index in [0.717, 1.165) is 17.4 Å². The number of thiophene rings is 1. The number of hydrogen-bond acceptors (Lipinski definition) is 4. The molecule has 1 aromatic carbocycles. The number of carbonyl (C=O) groups is 1. The van der Waals surface area contributed by atoms with Crippen molar-refractivity contribution in [1.29, 1.82) is 0 Å². The zero-order valence-electron chi connectivity index (χ0n) is 12.8. The molecule has 27 heavy (non-hydrogen) atoms. The van der Waals surface area contributed by atoms with Crippen LogP contribution < -0.4 is 4.43 Å². The van der Waals surface area contributed by atoms with Crippen LogP contribution in [0.2, 0.25) is 0 Å². The van der Waals surface area contributed by atoms with Crippen LogP contribution in [0.25, 0.3) is 11.0 Å². The quantitative estimate of drug-likeness (QED) is 0.362. The molecule has 0 aliphatic heterocycles. The first-order chi connectivity index (χ1) is 12.4. The third-order valence-corrected chi connectivity index (χ3v) is 4.47. The number of alkyl halides is 6. The summed E-state index contributed by atoms with van der Waals surface area (Å²) in [6.45, 7) is 0. The molecule has 12 heteroatoms. The van der Waals surface area contributed by atoms with Gasteiger partial charge >= 0.3 is 18.0 Å². The summed E-state index contributed by atoms with van der Waals surface area (Å²) in [7, 11) is 0. The molecule has 0 unspecified atom stereocenters. The summed E-state index contributed by atoms with van der Waals surface area (Å²) in [5.41, 5.74) is -7.05. The number of fused-ring (bicyclic) bond motifs is 1. The molecule has 0 spiro atoms. The van der Waals surface area contributed by atoms with E-state index in [0.29, 0.717) is 12.1 Å². The van der Waals surface area contributed by atoms with Crippen LogP contribution in [0, 0.1) is 10.1 Å². The molecule has 0 aliphatic rings. The van der Waals surface area contributed by atoms with E-state index in [1.807, 2.05) is 0 Å². The molecule has 0 saturated heterocycles. The highest BCUT2D eigenvalue weighted by atomic mass is 32.1. The maximum atomic E-state index is 13.4. The maximum Gasteiger partial charge on any atom is 0.438 e. The molecule has 0 fully saturated rings. The average Bonchev–Trinajstić information content (AvgIpc) is 3.09. The molecule has 0 radical (unpaired) electrons. The highest BCUT2D eigenvalue weighted by Gasteiger charge is 2.45. The minimum absolute atomic E-state index is 0.130. The van der Waals surface area contributed by atoms with Gasteiger partial charge < -0.3 is 9.94 Å². The number of carbonyl (C=O) groups excluding carboxylic acids is 1. The van der Waals surface area contributed by atoms with Gasteiger partial charge in [-0.15, -0.1) is 11.3 Å². The van der Waals surface area contributed by atoms with Gasteiger partial charge in [-0.2, -0.15) is 26.3 Å². The van der Waals surface area contributed by atoms with Crippen molar-refractivity contribution in [2.45, 2.75) is 12.4 Å². The standard InChI is InChI=1S/C15H6F6N2O3S/c16-14(17,18)7-3-4-8-9(6-7)23(26)13(15(19,20)21)11(22(8)25)12(24)10-2-1-5-27-10/h1-6H. The van der Waals surface area contributed by atoms with E-state index in [-0.39, 0.29) is 10.9 Å². The molecule has 3 rings (SSSR count). The Bertz CT molecular complexity index is 1100. The van der Waals surface area contributed by atoms with Crippen LogP contribution in [0.3, 0.4) is 0 Å². The largest absolute Gasteiger partial charge is 0.805 e. The second-order valence-electron chi connectivity index (χ2n) is 5.29. The lowest BCUT2D eigenvalue weighted by Crippen LogP contribution is -2.34. The molecular formula is C15H6F6N2O3S. The summed E-state index contributed by atoms with van der Waals surface area (Å²) in [5.74, 6) is -1.36. The number of benzene rings is 1. The van der Waals surface area contributed by atoms with Crippen molar-refractivity contribution >= 4 is 28.2 Å². The van der Waals surface area contributed by atoms with E-state index in [9.17, 15) is 41.3 Å². The predicted molar refractivity (Wildman–Crippen MR) is 81.8 cm³/mol. The molecule has 2 aromatic heterocycles. The van der Waals surface area contributed by atoms with E-state index < -0.39 is 55.3 Å². The number of ketones is 1. The molecule has 142 valence electrons. The molecular weight excluding hydrogens is 402 g/mol. The molecule has 0 aliphatic carbocycles. The van der Waals surface area contributed by atoms with Gasteiger partial charge in [0.15, 0.2) is 0 Å². The van der Waals surface area contributed by atoms with Crippen LogP contribution in [-0.4, -0.2) is 10.5 Å². The normalized spacial score (nSPS) is 12.5. The van der Waals surface area contributed by atoms with Crippen molar-refractivity contribution in [2.24, 2.45) is 0 Å². The molecule has 0 amide bonds. The van der Waals surface area contributed by atoms with Gasteiger partial charge in [-0.1, -0.05) is 6.07 Å². The van der Waals surface area contributed by atoms with Crippen LogP contribution in [0.15, 0.2) is 35.7 Å². The first kappa shape index (κ1) is 18.9. The highest BCUT2D eigenvalue weighted by Crippen LogP contribution is 2.35.